The molecule has 0 radical (unpaired) electrons. The maximum absolute atomic E-state index is 13.2. The Kier molecular flexibility index (Phi) is 5.02. The summed E-state index contributed by atoms with van der Waals surface area (Å²) >= 11 is 6.30. The van der Waals surface area contributed by atoms with E-state index in [1.165, 1.54) is 24.3 Å². The van der Waals surface area contributed by atoms with Crippen LogP contribution in [-0.2, 0) is 14.8 Å². The average molecular weight is 421 g/mol. The molecule has 28 heavy (non-hydrogen) atoms. The molecule has 0 aliphatic carbocycles. The molecular formula is C20H21ClN2O4S. The Labute approximate surface area is 169 Å². The average Bonchev–Trinajstić information content (AvgIpc) is 2.91. The van der Waals surface area contributed by atoms with Crippen molar-refractivity contribution in [1.29, 1.82) is 0 Å². The number of rotatable bonds is 3. The third-order valence-corrected chi connectivity index (χ3v) is 6.12. The van der Waals surface area contributed by atoms with E-state index in [0.29, 0.717) is 5.52 Å². The Hall–Kier alpha value is -2.38. The van der Waals surface area contributed by atoms with Crippen molar-refractivity contribution >= 4 is 38.6 Å². The van der Waals surface area contributed by atoms with Gasteiger partial charge < -0.3 is 4.74 Å². The van der Waals surface area contributed by atoms with Gasteiger partial charge in [-0.05, 0) is 58.9 Å². The van der Waals surface area contributed by atoms with E-state index < -0.39 is 21.6 Å². The fourth-order valence-electron chi connectivity index (χ4n) is 2.81. The molecule has 0 saturated heterocycles. The van der Waals surface area contributed by atoms with Crippen LogP contribution < -0.4 is 0 Å². The normalized spacial score (nSPS) is 12.4. The molecule has 0 aliphatic heterocycles. The number of benzene rings is 2. The Morgan fingerprint density at radius 1 is 1.11 bits per heavy atom. The summed E-state index contributed by atoms with van der Waals surface area (Å²) in [6.45, 7) is 8.71. The number of fused-ring (bicyclic) bond motifs is 1. The number of aryl methyl sites for hydroxylation is 2. The van der Waals surface area contributed by atoms with Crippen molar-refractivity contribution in [1.82, 2.24) is 8.96 Å². The standard InChI is InChI=1S/C20H21ClN2O4S/c1-12-6-8-15(9-7-12)28(25,26)23-13(2)22-18-16(21)10-14(11-17(18)23)19(24)27-20(3,4)5/h6-11H,1-5H3. The minimum absolute atomic E-state index is 0.124. The van der Waals surface area contributed by atoms with Crippen LogP contribution in [0.1, 0.15) is 42.5 Å². The van der Waals surface area contributed by atoms with Gasteiger partial charge in [0.25, 0.3) is 10.0 Å². The van der Waals surface area contributed by atoms with Crippen LogP contribution in [0.25, 0.3) is 11.0 Å². The van der Waals surface area contributed by atoms with Crippen LogP contribution in [0.15, 0.2) is 41.3 Å². The third-order valence-electron chi connectivity index (χ3n) is 4.02. The molecule has 0 amide bonds. The number of ether oxygens (including phenoxy) is 1. The molecule has 3 aromatic rings. The first-order valence-corrected chi connectivity index (χ1v) is 10.5. The maximum atomic E-state index is 13.2. The van der Waals surface area contributed by atoms with E-state index in [4.69, 9.17) is 16.3 Å². The molecule has 8 heteroatoms. The summed E-state index contributed by atoms with van der Waals surface area (Å²) in [5.74, 6) is -0.340. The monoisotopic (exact) mass is 420 g/mol. The van der Waals surface area contributed by atoms with Gasteiger partial charge in [-0.15, -0.1) is 0 Å². The summed E-state index contributed by atoms with van der Waals surface area (Å²) in [7, 11) is -3.92. The summed E-state index contributed by atoms with van der Waals surface area (Å²) < 4.78 is 32.9. The van der Waals surface area contributed by atoms with Gasteiger partial charge >= 0.3 is 5.97 Å². The van der Waals surface area contributed by atoms with Crippen LogP contribution in [-0.4, -0.2) is 28.9 Å². The van der Waals surface area contributed by atoms with E-state index in [9.17, 15) is 13.2 Å². The van der Waals surface area contributed by atoms with Gasteiger partial charge in [-0.2, -0.15) is 0 Å². The molecule has 0 spiro atoms. The van der Waals surface area contributed by atoms with E-state index >= 15 is 0 Å². The number of imidazole rings is 1. The SMILES string of the molecule is Cc1ccc(S(=O)(=O)n2c(C)nc3c(Cl)cc(C(=O)OC(C)(C)C)cc32)cc1. The fourth-order valence-corrected chi connectivity index (χ4v) is 4.54. The van der Waals surface area contributed by atoms with Gasteiger partial charge in [0.1, 0.15) is 16.9 Å². The van der Waals surface area contributed by atoms with Gasteiger partial charge in [0.15, 0.2) is 0 Å². The summed E-state index contributed by atoms with van der Waals surface area (Å²) in [4.78, 5) is 16.9. The van der Waals surface area contributed by atoms with Crippen molar-refractivity contribution in [3.8, 4) is 0 Å². The van der Waals surface area contributed by atoms with E-state index in [1.807, 2.05) is 6.92 Å². The first kappa shape index (κ1) is 20.4. The number of aromatic nitrogens is 2. The molecule has 0 N–H and O–H groups in total. The number of hydrogen-bond acceptors (Lipinski definition) is 5. The van der Waals surface area contributed by atoms with E-state index in [0.717, 1.165) is 9.54 Å². The zero-order valence-corrected chi connectivity index (χ0v) is 17.9. The number of carbonyl (C=O) groups excluding carboxylic acids is 1. The van der Waals surface area contributed by atoms with Crippen LogP contribution in [0.4, 0.5) is 0 Å². The maximum Gasteiger partial charge on any atom is 0.338 e. The summed E-state index contributed by atoms with van der Waals surface area (Å²) in [5, 5.41) is 0.180. The van der Waals surface area contributed by atoms with Gasteiger partial charge in [-0.3, -0.25) is 0 Å². The Morgan fingerprint density at radius 2 is 1.71 bits per heavy atom. The number of esters is 1. The molecule has 1 heterocycles. The first-order chi connectivity index (χ1) is 12.9. The molecular weight excluding hydrogens is 400 g/mol. The van der Waals surface area contributed by atoms with Crippen molar-refractivity contribution < 1.29 is 17.9 Å². The molecule has 0 saturated carbocycles. The van der Waals surface area contributed by atoms with Crippen LogP contribution in [0.3, 0.4) is 0 Å². The first-order valence-electron chi connectivity index (χ1n) is 8.64. The van der Waals surface area contributed by atoms with Crippen molar-refractivity contribution in [3.05, 3.63) is 58.4 Å². The fraction of sp³-hybridized carbons (Fsp3) is 0.300. The Morgan fingerprint density at radius 3 is 2.29 bits per heavy atom. The topological polar surface area (TPSA) is 78.3 Å². The van der Waals surface area contributed by atoms with Crippen molar-refractivity contribution in [3.63, 3.8) is 0 Å². The van der Waals surface area contributed by atoms with Gasteiger partial charge in [-0.25, -0.2) is 22.2 Å². The predicted molar refractivity (Wildman–Crippen MR) is 108 cm³/mol. The van der Waals surface area contributed by atoms with Gasteiger partial charge in [0.05, 0.1) is 21.0 Å². The largest absolute Gasteiger partial charge is 0.456 e. The lowest BCUT2D eigenvalue weighted by molar-refractivity contribution is 0.00696. The van der Waals surface area contributed by atoms with Crippen molar-refractivity contribution in [2.24, 2.45) is 0 Å². The van der Waals surface area contributed by atoms with E-state index in [-0.39, 0.29) is 26.8 Å². The number of carbonyl (C=O) groups is 1. The minimum atomic E-state index is -3.92. The molecule has 6 nitrogen and oxygen atoms in total. The number of halogens is 1. The van der Waals surface area contributed by atoms with Crippen LogP contribution in [0.5, 0.6) is 0 Å². The second-order valence-electron chi connectivity index (χ2n) is 7.57. The Balaban J connectivity index is 2.22. The molecule has 0 atom stereocenters. The molecule has 3 rings (SSSR count). The minimum Gasteiger partial charge on any atom is -0.456 e. The highest BCUT2D eigenvalue weighted by molar-refractivity contribution is 7.90. The number of nitrogens with zero attached hydrogens (tertiary/aromatic N) is 2. The quantitative estimate of drug-likeness (QED) is 0.583. The molecule has 0 unspecified atom stereocenters. The third kappa shape index (κ3) is 3.77. The lowest BCUT2D eigenvalue weighted by Crippen LogP contribution is -2.24. The Bertz CT molecular complexity index is 1170. The van der Waals surface area contributed by atoms with Crippen LogP contribution >= 0.6 is 11.6 Å². The highest BCUT2D eigenvalue weighted by Gasteiger charge is 2.26. The highest BCUT2D eigenvalue weighted by atomic mass is 35.5. The van der Waals surface area contributed by atoms with Crippen molar-refractivity contribution in [2.45, 2.75) is 45.1 Å². The molecule has 0 bridgehead atoms. The van der Waals surface area contributed by atoms with E-state index in [1.54, 1.807) is 39.8 Å². The smallest absolute Gasteiger partial charge is 0.338 e. The second kappa shape index (κ2) is 6.90. The van der Waals surface area contributed by atoms with Crippen LogP contribution in [0, 0.1) is 13.8 Å². The van der Waals surface area contributed by atoms with Gasteiger partial charge in [0, 0.05) is 0 Å². The van der Waals surface area contributed by atoms with Gasteiger partial charge in [-0.1, -0.05) is 29.3 Å². The molecule has 1 aromatic heterocycles. The molecule has 0 aliphatic rings. The van der Waals surface area contributed by atoms with Crippen molar-refractivity contribution in [2.75, 3.05) is 0 Å². The molecule has 2 aromatic carbocycles. The predicted octanol–water partition coefficient (Wildman–Crippen LogP) is 4.50. The molecule has 0 fully saturated rings. The zero-order valence-electron chi connectivity index (χ0n) is 16.3. The highest BCUT2D eigenvalue weighted by Crippen LogP contribution is 2.30. The second-order valence-corrected chi connectivity index (χ2v) is 9.76. The van der Waals surface area contributed by atoms with Gasteiger partial charge in [0.2, 0.25) is 0 Å². The summed E-state index contributed by atoms with van der Waals surface area (Å²) in [6, 6.07) is 9.40. The van der Waals surface area contributed by atoms with Crippen LogP contribution in [0.2, 0.25) is 5.02 Å². The molecule has 148 valence electrons. The number of hydrogen-bond donors (Lipinski definition) is 0. The van der Waals surface area contributed by atoms with E-state index in [2.05, 4.69) is 4.98 Å². The zero-order chi connectivity index (χ0) is 20.9. The summed E-state index contributed by atoms with van der Waals surface area (Å²) in [5.41, 5.74) is 0.950. The summed E-state index contributed by atoms with van der Waals surface area (Å²) in [6.07, 6.45) is 0. The lowest BCUT2D eigenvalue weighted by atomic mass is 10.1. The lowest BCUT2D eigenvalue weighted by Gasteiger charge is -2.19.